The fraction of sp³-hybridized carbons (Fsp3) is 0.667. The van der Waals surface area contributed by atoms with E-state index in [9.17, 15) is 0 Å². The number of rotatable bonds is 2. The van der Waals surface area contributed by atoms with E-state index in [2.05, 4.69) is 18.8 Å². The molecule has 1 aliphatic heterocycles. The molecule has 1 aromatic rings. The van der Waals surface area contributed by atoms with E-state index in [1.54, 1.807) is 0 Å². The molecule has 2 heterocycles. The molecule has 1 aliphatic rings. The Labute approximate surface area is 111 Å². The summed E-state index contributed by atoms with van der Waals surface area (Å²) < 4.78 is 0. The third-order valence-electron chi connectivity index (χ3n) is 3.08. The molecule has 1 saturated heterocycles. The average Bonchev–Trinajstić information content (AvgIpc) is 2.33. The quantitative estimate of drug-likeness (QED) is 0.894. The van der Waals surface area contributed by atoms with E-state index in [0.29, 0.717) is 16.3 Å². The predicted molar refractivity (Wildman–Crippen MR) is 77.7 cm³/mol. The highest BCUT2D eigenvalue weighted by Crippen LogP contribution is 2.41. The largest absolute Gasteiger partial charge is 0.383 e. The lowest BCUT2D eigenvalue weighted by atomic mass is 10.2. The molecule has 0 saturated carbocycles. The van der Waals surface area contributed by atoms with Crippen molar-refractivity contribution < 1.29 is 0 Å². The molecule has 0 spiro atoms. The summed E-state index contributed by atoms with van der Waals surface area (Å²) in [5.41, 5.74) is 8.11. The summed E-state index contributed by atoms with van der Waals surface area (Å²) in [7, 11) is 0. The van der Waals surface area contributed by atoms with Gasteiger partial charge in [-0.1, -0.05) is 13.8 Å². The van der Waals surface area contributed by atoms with Crippen molar-refractivity contribution in [1.29, 1.82) is 0 Å². The minimum absolute atomic E-state index is 0.391. The molecule has 0 amide bonds. The molecule has 0 bridgehead atoms. The topological polar surface area (TPSA) is 51.8 Å². The molecular weight excluding hydrogens is 250 g/mol. The first-order chi connectivity index (χ1) is 8.13. The Morgan fingerprint density at radius 1 is 1.29 bits per heavy atom. The lowest BCUT2D eigenvalue weighted by molar-refractivity contribution is 0.801. The van der Waals surface area contributed by atoms with Gasteiger partial charge < -0.3 is 5.73 Å². The summed E-state index contributed by atoms with van der Waals surface area (Å²) in [5, 5.41) is 0.961. The number of nitrogens with two attached hydrogens (primary N) is 1. The van der Waals surface area contributed by atoms with Crippen LogP contribution in [0.1, 0.15) is 36.2 Å². The van der Waals surface area contributed by atoms with Gasteiger partial charge in [0, 0.05) is 28.0 Å². The molecule has 0 radical (unpaired) electrons. The Morgan fingerprint density at radius 2 is 2.00 bits per heavy atom. The second-order valence-corrected chi connectivity index (χ2v) is 6.99. The van der Waals surface area contributed by atoms with Gasteiger partial charge in [0.05, 0.1) is 5.25 Å². The smallest absolute Gasteiger partial charge is 0.145 e. The second-order valence-electron chi connectivity index (χ2n) is 4.26. The van der Waals surface area contributed by atoms with E-state index in [1.165, 1.54) is 11.5 Å². The lowest BCUT2D eigenvalue weighted by Crippen LogP contribution is -2.19. The van der Waals surface area contributed by atoms with Crippen molar-refractivity contribution in [3.8, 4) is 0 Å². The SMILES string of the molecule is CCc1nc(C2SCCSC2C)nc(N)c1C. The van der Waals surface area contributed by atoms with Crippen molar-refractivity contribution in [2.75, 3.05) is 17.2 Å². The predicted octanol–water partition coefficient (Wildman–Crippen LogP) is 2.84. The van der Waals surface area contributed by atoms with Crippen LogP contribution in [0, 0.1) is 6.92 Å². The van der Waals surface area contributed by atoms with Crippen molar-refractivity contribution in [1.82, 2.24) is 9.97 Å². The van der Waals surface area contributed by atoms with Gasteiger partial charge in [0.2, 0.25) is 0 Å². The van der Waals surface area contributed by atoms with Crippen molar-refractivity contribution in [2.24, 2.45) is 0 Å². The number of anilines is 1. The highest BCUT2D eigenvalue weighted by Gasteiger charge is 2.27. The van der Waals surface area contributed by atoms with Crippen molar-refractivity contribution >= 4 is 29.3 Å². The molecule has 2 atom stereocenters. The highest BCUT2D eigenvalue weighted by molar-refractivity contribution is 8.06. The number of nitrogen functional groups attached to an aromatic ring is 1. The first-order valence-electron chi connectivity index (χ1n) is 5.99. The van der Waals surface area contributed by atoms with Gasteiger partial charge in [0.1, 0.15) is 11.6 Å². The van der Waals surface area contributed by atoms with E-state index >= 15 is 0 Å². The van der Waals surface area contributed by atoms with Crippen LogP contribution in [-0.2, 0) is 6.42 Å². The van der Waals surface area contributed by atoms with Gasteiger partial charge in [0.15, 0.2) is 0 Å². The zero-order valence-electron chi connectivity index (χ0n) is 10.6. The Bertz CT molecular complexity index is 409. The van der Waals surface area contributed by atoms with Gasteiger partial charge in [-0.25, -0.2) is 9.97 Å². The number of hydrogen-bond donors (Lipinski definition) is 1. The normalized spacial score (nSPS) is 24.9. The van der Waals surface area contributed by atoms with Crippen LogP contribution in [0.3, 0.4) is 0 Å². The first-order valence-corrected chi connectivity index (χ1v) is 8.09. The van der Waals surface area contributed by atoms with Gasteiger partial charge in [-0.3, -0.25) is 0 Å². The maximum absolute atomic E-state index is 5.98. The third-order valence-corrected chi connectivity index (χ3v) is 6.17. The van der Waals surface area contributed by atoms with Crippen molar-refractivity contribution in [3.63, 3.8) is 0 Å². The summed E-state index contributed by atoms with van der Waals surface area (Å²) in [6.07, 6.45) is 0.921. The Hall–Kier alpha value is -0.420. The molecule has 3 nitrogen and oxygen atoms in total. The Kier molecular flexibility index (Phi) is 4.20. The zero-order valence-corrected chi connectivity index (χ0v) is 12.2. The van der Waals surface area contributed by atoms with Crippen LogP contribution < -0.4 is 5.73 Å². The number of aromatic nitrogens is 2. The van der Waals surface area contributed by atoms with Gasteiger partial charge in [-0.15, -0.1) is 11.8 Å². The summed E-state index contributed by atoms with van der Waals surface area (Å²) in [6, 6.07) is 0. The third kappa shape index (κ3) is 2.71. The van der Waals surface area contributed by atoms with E-state index in [1.807, 2.05) is 30.4 Å². The monoisotopic (exact) mass is 269 g/mol. The van der Waals surface area contributed by atoms with Crippen LogP contribution in [0.25, 0.3) is 0 Å². The molecule has 17 heavy (non-hydrogen) atoms. The average molecular weight is 269 g/mol. The minimum Gasteiger partial charge on any atom is -0.383 e. The standard InChI is InChI=1S/C12H19N3S2/c1-4-9-7(2)11(13)15-12(14-9)10-8(3)16-5-6-17-10/h8,10H,4-6H2,1-3H3,(H2,13,14,15). The van der Waals surface area contributed by atoms with Gasteiger partial charge in [-0.2, -0.15) is 11.8 Å². The molecule has 1 aromatic heterocycles. The maximum Gasteiger partial charge on any atom is 0.145 e. The molecule has 2 rings (SSSR count). The summed E-state index contributed by atoms with van der Waals surface area (Å²) >= 11 is 3.96. The molecule has 2 N–H and O–H groups in total. The molecule has 2 unspecified atom stereocenters. The lowest BCUT2D eigenvalue weighted by Gasteiger charge is -2.27. The van der Waals surface area contributed by atoms with Gasteiger partial charge in [0.25, 0.3) is 0 Å². The van der Waals surface area contributed by atoms with E-state index in [0.717, 1.165) is 23.5 Å². The van der Waals surface area contributed by atoms with Crippen LogP contribution in [-0.4, -0.2) is 26.7 Å². The number of hydrogen-bond acceptors (Lipinski definition) is 5. The molecule has 0 aliphatic carbocycles. The number of nitrogens with zero attached hydrogens (tertiary/aromatic N) is 2. The van der Waals surface area contributed by atoms with Crippen LogP contribution in [0.4, 0.5) is 5.82 Å². The van der Waals surface area contributed by atoms with E-state index in [-0.39, 0.29) is 0 Å². The van der Waals surface area contributed by atoms with Crippen molar-refractivity contribution in [2.45, 2.75) is 37.7 Å². The highest BCUT2D eigenvalue weighted by atomic mass is 32.2. The van der Waals surface area contributed by atoms with Crippen LogP contribution in [0.2, 0.25) is 0 Å². The molecular formula is C12H19N3S2. The number of aryl methyl sites for hydroxylation is 1. The van der Waals surface area contributed by atoms with Crippen LogP contribution >= 0.6 is 23.5 Å². The molecule has 94 valence electrons. The molecule has 0 aromatic carbocycles. The fourth-order valence-corrected chi connectivity index (χ4v) is 4.68. The van der Waals surface area contributed by atoms with Gasteiger partial charge >= 0.3 is 0 Å². The molecule has 5 heteroatoms. The Balaban J connectivity index is 2.34. The van der Waals surface area contributed by atoms with E-state index in [4.69, 9.17) is 10.7 Å². The minimum atomic E-state index is 0.391. The van der Waals surface area contributed by atoms with Crippen LogP contribution in [0.5, 0.6) is 0 Å². The summed E-state index contributed by atoms with van der Waals surface area (Å²) in [6.45, 7) is 6.38. The summed E-state index contributed by atoms with van der Waals surface area (Å²) in [4.78, 5) is 9.19. The zero-order chi connectivity index (χ0) is 12.4. The maximum atomic E-state index is 5.98. The fourth-order valence-electron chi connectivity index (χ4n) is 1.99. The van der Waals surface area contributed by atoms with Crippen LogP contribution in [0.15, 0.2) is 0 Å². The molecule has 1 fully saturated rings. The second kappa shape index (κ2) is 5.48. The number of thioether (sulfide) groups is 2. The Morgan fingerprint density at radius 3 is 2.65 bits per heavy atom. The van der Waals surface area contributed by atoms with Gasteiger partial charge in [-0.05, 0) is 13.3 Å². The summed E-state index contributed by atoms with van der Waals surface area (Å²) in [5.74, 6) is 3.98. The van der Waals surface area contributed by atoms with E-state index < -0.39 is 0 Å². The first kappa shape index (κ1) is 13.0. The van der Waals surface area contributed by atoms with Crippen molar-refractivity contribution in [3.05, 3.63) is 17.1 Å².